The number of benzene rings is 2. The normalized spacial score (nSPS) is 13.5. The first-order valence-electron chi connectivity index (χ1n) is 10.1. The van der Waals surface area contributed by atoms with Gasteiger partial charge in [-0.15, -0.1) is 0 Å². The van der Waals surface area contributed by atoms with Gasteiger partial charge in [-0.25, -0.2) is 22.8 Å². The Labute approximate surface area is 192 Å². The van der Waals surface area contributed by atoms with Crippen LogP contribution in [0.1, 0.15) is 30.0 Å². The van der Waals surface area contributed by atoms with Gasteiger partial charge in [0.25, 0.3) is 0 Å². The van der Waals surface area contributed by atoms with Crippen molar-refractivity contribution in [2.45, 2.75) is 31.4 Å². The third kappa shape index (κ3) is 6.04. The van der Waals surface area contributed by atoms with Gasteiger partial charge in [0.2, 0.25) is 10.0 Å². The number of aliphatic hydroxyl groups is 1. The lowest BCUT2D eigenvalue weighted by Gasteiger charge is -2.28. The second kappa shape index (κ2) is 10.7. The van der Waals surface area contributed by atoms with E-state index in [0.29, 0.717) is 11.5 Å². The van der Waals surface area contributed by atoms with Crippen molar-refractivity contribution in [3.05, 3.63) is 83.7 Å². The Morgan fingerprint density at radius 1 is 0.909 bits per heavy atom. The van der Waals surface area contributed by atoms with Crippen LogP contribution in [0.25, 0.3) is 0 Å². The first-order valence-corrected chi connectivity index (χ1v) is 11.6. The van der Waals surface area contributed by atoms with Gasteiger partial charge >= 0.3 is 0 Å². The van der Waals surface area contributed by atoms with Crippen LogP contribution in [0, 0.1) is 5.82 Å². The van der Waals surface area contributed by atoms with E-state index in [0.717, 1.165) is 23.5 Å². The van der Waals surface area contributed by atoms with E-state index in [2.05, 4.69) is 9.97 Å². The highest BCUT2D eigenvalue weighted by Crippen LogP contribution is 2.26. The summed E-state index contributed by atoms with van der Waals surface area (Å²) in [5.74, 6) is 0.463. The molecule has 176 valence electrons. The summed E-state index contributed by atoms with van der Waals surface area (Å²) >= 11 is 0. The minimum atomic E-state index is -4.04. The molecule has 1 N–H and O–H groups in total. The van der Waals surface area contributed by atoms with Crippen LogP contribution < -0.4 is 9.47 Å². The summed E-state index contributed by atoms with van der Waals surface area (Å²) < 4.78 is 51.9. The van der Waals surface area contributed by atoms with Gasteiger partial charge in [-0.05, 0) is 42.3 Å². The van der Waals surface area contributed by atoms with E-state index in [-0.39, 0.29) is 18.9 Å². The fraction of sp³-hybridized carbons (Fsp3) is 0.304. The standard InChI is InChI=1S/C23H26FN3O5S/c1-16(22(28)23-25-12-19(24)13-26-23)33(29,30)27(14-17-4-8-20(31-2)9-5-17)15-18-6-10-21(32-3)11-7-18/h4-13,16,22,28H,14-15H2,1-3H3/t16-,22+/m1/s1. The monoisotopic (exact) mass is 475 g/mol. The van der Waals surface area contributed by atoms with E-state index in [1.54, 1.807) is 62.8 Å². The topological polar surface area (TPSA) is 102 Å². The Bertz CT molecular complexity index is 1090. The number of sulfonamides is 1. The third-order valence-corrected chi connectivity index (χ3v) is 7.39. The van der Waals surface area contributed by atoms with Crippen molar-refractivity contribution in [2.75, 3.05) is 14.2 Å². The van der Waals surface area contributed by atoms with Crippen molar-refractivity contribution in [1.82, 2.24) is 14.3 Å². The Balaban J connectivity index is 1.91. The molecule has 2 aromatic carbocycles. The van der Waals surface area contributed by atoms with Crippen LogP contribution in [0.15, 0.2) is 60.9 Å². The number of methoxy groups -OCH3 is 2. The minimum Gasteiger partial charge on any atom is -0.497 e. The Hall–Kier alpha value is -3.08. The number of ether oxygens (including phenoxy) is 2. The number of nitrogens with zero attached hydrogens (tertiary/aromatic N) is 3. The first kappa shape index (κ1) is 24.6. The van der Waals surface area contributed by atoms with E-state index in [4.69, 9.17) is 9.47 Å². The lowest BCUT2D eigenvalue weighted by atomic mass is 10.2. The number of aromatic nitrogens is 2. The van der Waals surface area contributed by atoms with Gasteiger partial charge in [-0.3, -0.25) is 0 Å². The Kier molecular flexibility index (Phi) is 7.96. The largest absolute Gasteiger partial charge is 0.497 e. The van der Waals surface area contributed by atoms with E-state index >= 15 is 0 Å². The summed E-state index contributed by atoms with van der Waals surface area (Å²) in [4.78, 5) is 7.46. The van der Waals surface area contributed by atoms with Gasteiger partial charge in [0, 0.05) is 13.1 Å². The number of hydrogen-bond acceptors (Lipinski definition) is 7. The molecular formula is C23H26FN3O5S. The number of hydrogen-bond donors (Lipinski definition) is 1. The Morgan fingerprint density at radius 3 is 1.73 bits per heavy atom. The third-order valence-electron chi connectivity index (χ3n) is 5.22. The molecular weight excluding hydrogens is 449 g/mol. The molecule has 0 aliphatic heterocycles. The molecule has 0 saturated heterocycles. The van der Waals surface area contributed by atoms with E-state index in [9.17, 15) is 17.9 Å². The fourth-order valence-corrected chi connectivity index (χ4v) is 4.76. The average molecular weight is 476 g/mol. The van der Waals surface area contributed by atoms with Gasteiger partial charge in [0.1, 0.15) is 22.9 Å². The minimum absolute atomic E-state index is 0.0691. The van der Waals surface area contributed by atoms with Crippen molar-refractivity contribution in [2.24, 2.45) is 0 Å². The summed E-state index contributed by atoms with van der Waals surface area (Å²) in [6.45, 7) is 1.52. The van der Waals surface area contributed by atoms with Gasteiger partial charge in [0.05, 0.1) is 26.6 Å². The highest BCUT2D eigenvalue weighted by atomic mass is 32.2. The molecule has 3 aromatic rings. The molecule has 0 spiro atoms. The molecule has 0 aliphatic carbocycles. The van der Waals surface area contributed by atoms with Crippen molar-refractivity contribution in [3.63, 3.8) is 0 Å². The molecule has 0 radical (unpaired) electrons. The van der Waals surface area contributed by atoms with Crippen LogP contribution in [0.2, 0.25) is 0 Å². The van der Waals surface area contributed by atoms with Crippen molar-refractivity contribution in [1.29, 1.82) is 0 Å². The zero-order valence-electron chi connectivity index (χ0n) is 18.6. The van der Waals surface area contributed by atoms with Gasteiger partial charge in [-0.1, -0.05) is 24.3 Å². The molecule has 0 unspecified atom stereocenters. The molecule has 1 heterocycles. The summed E-state index contributed by atoms with van der Waals surface area (Å²) in [7, 11) is -0.936. The maximum atomic E-state index is 13.6. The quantitative estimate of drug-likeness (QED) is 0.481. The predicted octanol–water partition coefficient (Wildman–Crippen LogP) is 3.09. The van der Waals surface area contributed by atoms with Gasteiger partial charge in [0.15, 0.2) is 11.6 Å². The van der Waals surface area contributed by atoms with Gasteiger partial charge < -0.3 is 14.6 Å². The smallest absolute Gasteiger partial charge is 0.220 e. The molecule has 3 rings (SSSR count). The summed E-state index contributed by atoms with van der Waals surface area (Å²) in [5, 5.41) is 9.37. The summed E-state index contributed by atoms with van der Waals surface area (Å²) in [5.41, 5.74) is 1.49. The molecule has 0 fully saturated rings. The van der Waals surface area contributed by atoms with Gasteiger partial charge in [-0.2, -0.15) is 4.31 Å². The highest BCUT2D eigenvalue weighted by molar-refractivity contribution is 7.89. The molecule has 8 nitrogen and oxygen atoms in total. The first-order chi connectivity index (χ1) is 15.7. The van der Waals surface area contributed by atoms with Crippen LogP contribution in [0.3, 0.4) is 0 Å². The van der Waals surface area contributed by atoms with Crippen LogP contribution >= 0.6 is 0 Å². The zero-order valence-corrected chi connectivity index (χ0v) is 19.4. The molecule has 0 bridgehead atoms. The number of aliphatic hydroxyl groups excluding tert-OH is 1. The summed E-state index contributed by atoms with van der Waals surface area (Å²) in [6.07, 6.45) is 0.235. The molecule has 1 aromatic heterocycles. The van der Waals surface area contributed by atoms with E-state index < -0.39 is 27.2 Å². The van der Waals surface area contributed by atoms with Crippen LogP contribution in [0.5, 0.6) is 11.5 Å². The average Bonchev–Trinajstić information content (AvgIpc) is 2.84. The fourth-order valence-electron chi connectivity index (χ4n) is 3.19. The number of halogens is 1. The highest BCUT2D eigenvalue weighted by Gasteiger charge is 2.36. The Morgan fingerprint density at radius 2 is 1.33 bits per heavy atom. The SMILES string of the molecule is COc1ccc(CN(Cc2ccc(OC)cc2)S(=O)(=O)[C@H](C)[C@H](O)c2ncc(F)cn2)cc1. The molecule has 0 aliphatic rings. The molecule has 0 saturated carbocycles. The molecule has 33 heavy (non-hydrogen) atoms. The predicted molar refractivity (Wildman–Crippen MR) is 121 cm³/mol. The maximum Gasteiger partial charge on any atom is 0.220 e. The van der Waals surface area contributed by atoms with E-state index in [1.807, 2.05) is 0 Å². The van der Waals surface area contributed by atoms with Crippen LogP contribution in [-0.4, -0.2) is 47.3 Å². The van der Waals surface area contributed by atoms with E-state index in [1.165, 1.54) is 11.2 Å². The lowest BCUT2D eigenvalue weighted by Crippen LogP contribution is -2.40. The van der Waals surface area contributed by atoms with Crippen LogP contribution in [0.4, 0.5) is 4.39 Å². The zero-order chi connectivity index (χ0) is 24.0. The second-order valence-corrected chi connectivity index (χ2v) is 9.71. The second-order valence-electron chi connectivity index (χ2n) is 7.42. The van der Waals surface area contributed by atoms with Crippen LogP contribution in [-0.2, 0) is 23.1 Å². The van der Waals surface area contributed by atoms with Crippen molar-refractivity contribution >= 4 is 10.0 Å². The molecule has 2 atom stereocenters. The molecule has 10 heteroatoms. The lowest BCUT2D eigenvalue weighted by molar-refractivity contribution is 0.162. The number of rotatable bonds is 10. The van der Waals surface area contributed by atoms with Crippen molar-refractivity contribution in [3.8, 4) is 11.5 Å². The maximum absolute atomic E-state index is 13.6. The van der Waals surface area contributed by atoms with Crippen molar-refractivity contribution < 1.29 is 27.4 Å². The summed E-state index contributed by atoms with van der Waals surface area (Å²) in [6, 6.07) is 14.1. The molecule has 0 amide bonds.